The zero-order valence-electron chi connectivity index (χ0n) is 10.8. The molecule has 0 fully saturated rings. The van der Waals surface area contributed by atoms with Crippen LogP contribution >= 0.6 is 0 Å². The van der Waals surface area contributed by atoms with Gasteiger partial charge in [-0.05, 0) is 19.1 Å². The summed E-state index contributed by atoms with van der Waals surface area (Å²) >= 11 is 0. The number of benzene rings is 1. The van der Waals surface area contributed by atoms with Crippen molar-refractivity contribution >= 4 is 0 Å². The number of aliphatic hydroxyl groups is 1. The Balaban J connectivity index is 2.67. The molecule has 1 rings (SSSR count). The summed E-state index contributed by atoms with van der Waals surface area (Å²) in [5.74, 6) is -1.42. The number of halogens is 2. The fraction of sp³-hybridized carbons (Fsp3) is 0.538. The average Bonchev–Trinajstić information content (AvgIpc) is 2.27. The van der Waals surface area contributed by atoms with Crippen LogP contribution in [0.3, 0.4) is 0 Å². The molecule has 18 heavy (non-hydrogen) atoms. The lowest BCUT2D eigenvalue weighted by atomic mass is 10.0. The summed E-state index contributed by atoms with van der Waals surface area (Å²) in [4.78, 5) is 0. The number of hydrogen-bond donors (Lipinski definition) is 2. The lowest BCUT2D eigenvalue weighted by Crippen LogP contribution is -2.53. The molecule has 3 nitrogen and oxygen atoms in total. The first kappa shape index (κ1) is 14.9. The third-order valence-electron chi connectivity index (χ3n) is 2.43. The van der Waals surface area contributed by atoms with Gasteiger partial charge in [-0.2, -0.15) is 0 Å². The molecule has 0 aliphatic carbocycles. The van der Waals surface area contributed by atoms with E-state index in [1.807, 2.05) is 13.8 Å². The van der Waals surface area contributed by atoms with Gasteiger partial charge in [-0.1, -0.05) is 13.8 Å². The van der Waals surface area contributed by atoms with Crippen LogP contribution in [0.25, 0.3) is 0 Å². The molecular weight excluding hydrogens is 240 g/mol. The Morgan fingerprint density at radius 1 is 1.39 bits per heavy atom. The molecule has 0 saturated heterocycles. The van der Waals surface area contributed by atoms with Crippen LogP contribution in [0.5, 0.6) is 5.75 Å². The van der Waals surface area contributed by atoms with Crippen LogP contribution in [-0.2, 0) is 0 Å². The van der Waals surface area contributed by atoms with Gasteiger partial charge in [-0.15, -0.1) is 0 Å². The van der Waals surface area contributed by atoms with Gasteiger partial charge in [0.2, 0.25) is 0 Å². The van der Waals surface area contributed by atoms with E-state index >= 15 is 0 Å². The monoisotopic (exact) mass is 259 g/mol. The van der Waals surface area contributed by atoms with Gasteiger partial charge in [0.05, 0.1) is 12.1 Å². The van der Waals surface area contributed by atoms with Crippen molar-refractivity contribution in [1.29, 1.82) is 0 Å². The molecule has 1 aromatic carbocycles. The summed E-state index contributed by atoms with van der Waals surface area (Å²) in [5.41, 5.74) is -0.672. The highest BCUT2D eigenvalue weighted by Crippen LogP contribution is 2.19. The quantitative estimate of drug-likeness (QED) is 0.822. The summed E-state index contributed by atoms with van der Waals surface area (Å²) in [6, 6.07) is 3.29. The van der Waals surface area contributed by atoms with E-state index in [9.17, 15) is 13.9 Å². The van der Waals surface area contributed by atoms with E-state index < -0.39 is 17.2 Å². The topological polar surface area (TPSA) is 41.5 Å². The summed E-state index contributed by atoms with van der Waals surface area (Å²) < 4.78 is 31.3. The van der Waals surface area contributed by atoms with Crippen LogP contribution in [0.15, 0.2) is 18.2 Å². The Morgan fingerprint density at radius 2 is 2.06 bits per heavy atom. The molecule has 1 atom stereocenters. The van der Waals surface area contributed by atoms with Crippen molar-refractivity contribution in [2.45, 2.75) is 32.4 Å². The number of hydrogen-bond acceptors (Lipinski definition) is 3. The molecule has 0 aromatic heterocycles. The molecule has 0 heterocycles. The van der Waals surface area contributed by atoms with Crippen molar-refractivity contribution in [3.05, 3.63) is 29.8 Å². The van der Waals surface area contributed by atoms with Crippen molar-refractivity contribution in [3.8, 4) is 5.75 Å². The summed E-state index contributed by atoms with van der Waals surface area (Å²) in [6.45, 7) is 5.59. The molecular formula is C13H19F2NO2. The van der Waals surface area contributed by atoms with Crippen molar-refractivity contribution in [2.75, 3.05) is 13.2 Å². The van der Waals surface area contributed by atoms with Gasteiger partial charge in [-0.3, -0.25) is 0 Å². The van der Waals surface area contributed by atoms with E-state index in [4.69, 9.17) is 4.74 Å². The fourth-order valence-corrected chi connectivity index (χ4v) is 1.66. The second kappa shape index (κ2) is 6.11. The van der Waals surface area contributed by atoms with Crippen LogP contribution in [-0.4, -0.2) is 29.9 Å². The summed E-state index contributed by atoms with van der Waals surface area (Å²) in [5, 5.41) is 12.5. The van der Waals surface area contributed by atoms with E-state index in [-0.39, 0.29) is 25.0 Å². The molecule has 0 aliphatic rings. The smallest absolute Gasteiger partial charge is 0.167 e. The largest absolute Gasteiger partial charge is 0.489 e. The highest BCUT2D eigenvalue weighted by atomic mass is 19.1. The van der Waals surface area contributed by atoms with E-state index in [2.05, 4.69) is 5.32 Å². The highest BCUT2D eigenvalue weighted by Gasteiger charge is 2.25. The maximum atomic E-state index is 13.3. The minimum atomic E-state index is -0.750. The average molecular weight is 259 g/mol. The second-order valence-corrected chi connectivity index (χ2v) is 4.88. The maximum absolute atomic E-state index is 13.3. The van der Waals surface area contributed by atoms with E-state index in [1.54, 1.807) is 6.92 Å². The molecule has 1 aromatic rings. The Bertz CT molecular complexity index is 399. The Kier molecular flexibility index (Phi) is 5.04. The SMILES string of the molecule is CC(C)NC(C)(CO)COc1ccc(F)cc1F. The van der Waals surface area contributed by atoms with Crippen molar-refractivity contribution in [3.63, 3.8) is 0 Å². The first-order valence-electron chi connectivity index (χ1n) is 5.83. The van der Waals surface area contributed by atoms with Gasteiger partial charge < -0.3 is 15.2 Å². The van der Waals surface area contributed by atoms with Crippen molar-refractivity contribution in [1.82, 2.24) is 5.32 Å². The first-order chi connectivity index (χ1) is 8.36. The Hall–Kier alpha value is -1.20. The lowest BCUT2D eigenvalue weighted by molar-refractivity contribution is 0.106. The number of ether oxygens (including phenoxy) is 1. The molecule has 0 spiro atoms. The predicted octanol–water partition coefficient (Wildman–Crippen LogP) is 2.09. The van der Waals surface area contributed by atoms with Gasteiger partial charge in [0.25, 0.3) is 0 Å². The van der Waals surface area contributed by atoms with Crippen molar-refractivity contribution < 1.29 is 18.6 Å². The van der Waals surface area contributed by atoms with E-state index in [0.717, 1.165) is 12.1 Å². The lowest BCUT2D eigenvalue weighted by Gasteiger charge is -2.30. The summed E-state index contributed by atoms with van der Waals surface area (Å²) in [6.07, 6.45) is 0. The molecule has 5 heteroatoms. The van der Waals surface area contributed by atoms with Crippen LogP contribution in [0.1, 0.15) is 20.8 Å². The van der Waals surface area contributed by atoms with Crippen molar-refractivity contribution in [2.24, 2.45) is 0 Å². The second-order valence-electron chi connectivity index (χ2n) is 4.88. The normalized spacial score (nSPS) is 14.6. The molecule has 0 amide bonds. The predicted molar refractivity (Wildman–Crippen MR) is 65.6 cm³/mol. The van der Waals surface area contributed by atoms with Gasteiger partial charge in [0.15, 0.2) is 11.6 Å². The van der Waals surface area contributed by atoms with Gasteiger partial charge in [-0.25, -0.2) is 8.78 Å². The molecule has 0 saturated carbocycles. The van der Waals surface area contributed by atoms with Crippen LogP contribution in [0.4, 0.5) is 8.78 Å². The Labute approximate surface area is 106 Å². The third-order valence-corrected chi connectivity index (χ3v) is 2.43. The minimum absolute atomic E-state index is 0.0263. The van der Waals surface area contributed by atoms with Gasteiger partial charge in [0, 0.05) is 12.1 Å². The fourth-order valence-electron chi connectivity index (χ4n) is 1.66. The Morgan fingerprint density at radius 3 is 2.56 bits per heavy atom. The minimum Gasteiger partial charge on any atom is -0.489 e. The molecule has 0 radical (unpaired) electrons. The zero-order chi connectivity index (χ0) is 13.8. The maximum Gasteiger partial charge on any atom is 0.167 e. The number of aliphatic hydroxyl groups excluding tert-OH is 1. The molecule has 102 valence electrons. The molecule has 2 N–H and O–H groups in total. The first-order valence-corrected chi connectivity index (χ1v) is 5.83. The number of rotatable bonds is 6. The zero-order valence-corrected chi connectivity index (χ0v) is 10.8. The van der Waals surface area contributed by atoms with Crippen LogP contribution in [0, 0.1) is 11.6 Å². The van der Waals surface area contributed by atoms with Crippen LogP contribution < -0.4 is 10.1 Å². The van der Waals surface area contributed by atoms with E-state index in [1.165, 1.54) is 6.07 Å². The third kappa shape index (κ3) is 4.23. The molecule has 0 bridgehead atoms. The standard InChI is InChI=1S/C13H19F2NO2/c1-9(2)16-13(3,7-17)8-18-12-5-4-10(14)6-11(12)15/h4-6,9,16-17H,7-8H2,1-3H3. The molecule has 1 unspecified atom stereocenters. The number of nitrogens with one attached hydrogen (secondary N) is 1. The van der Waals surface area contributed by atoms with E-state index in [0.29, 0.717) is 0 Å². The molecule has 0 aliphatic heterocycles. The summed E-state index contributed by atoms with van der Waals surface area (Å²) in [7, 11) is 0. The highest BCUT2D eigenvalue weighted by molar-refractivity contribution is 5.24. The van der Waals surface area contributed by atoms with Gasteiger partial charge >= 0.3 is 0 Å². The van der Waals surface area contributed by atoms with Gasteiger partial charge in [0.1, 0.15) is 12.4 Å². The van der Waals surface area contributed by atoms with Crippen LogP contribution in [0.2, 0.25) is 0 Å².